The molecule has 0 aliphatic heterocycles. The quantitative estimate of drug-likeness (QED) is 0.205. The fraction of sp³-hybridized carbons (Fsp3) is 0.500. The van der Waals surface area contributed by atoms with Crippen molar-refractivity contribution in [3.05, 3.63) is 41.5 Å². The van der Waals surface area contributed by atoms with Crippen molar-refractivity contribution >= 4 is 20.9 Å². The molecule has 0 aromatic heterocycles. The van der Waals surface area contributed by atoms with Crippen molar-refractivity contribution < 1.29 is 135 Å². The minimum Gasteiger partial charge on any atom is -0.744 e. The van der Waals surface area contributed by atoms with E-state index in [1.807, 2.05) is 0 Å². The minimum absolute atomic E-state index is 0. The number of hydrogen-bond acceptors (Lipinski definition) is 3. The molecular formula is C20H11F16KO3S. The SMILES string of the molecule is O=S(=O)([O-])c1c(CC(F)(F)C(F)(F)C(F)(F)C(F)F)c(CC(F)(F)C(F)(F)C(F)(F)C(F)F)cc2ccccc12.[K+]. The van der Waals surface area contributed by atoms with Crippen LogP contribution < -0.4 is 51.4 Å². The molecule has 2 aromatic rings. The third-order valence-electron chi connectivity index (χ3n) is 5.56. The van der Waals surface area contributed by atoms with Crippen LogP contribution in [0.2, 0.25) is 0 Å². The smallest absolute Gasteiger partial charge is 0.744 e. The second-order valence-corrected chi connectivity index (χ2v) is 9.59. The molecule has 0 unspecified atom stereocenters. The van der Waals surface area contributed by atoms with Crippen molar-refractivity contribution in [2.45, 2.75) is 66.1 Å². The molecular weight excluding hydrogens is 663 g/mol. The van der Waals surface area contributed by atoms with Crippen LogP contribution in [0, 0.1) is 0 Å². The summed E-state index contributed by atoms with van der Waals surface area (Å²) in [6.07, 6.45) is -17.4. The van der Waals surface area contributed by atoms with E-state index in [9.17, 15) is 83.2 Å². The van der Waals surface area contributed by atoms with E-state index in [2.05, 4.69) is 0 Å². The summed E-state index contributed by atoms with van der Waals surface area (Å²) in [5.41, 5.74) is -4.42. The standard InChI is InChI=1S/C20H12F16O3S.K/c21-13(22)17(29,30)19(33,34)15(25,26)6-9-5-8-3-1-2-4-10(8)12(40(37,38)39)11(9)7-16(27,28)20(35,36)18(31,32)14(23)24;/h1-5,13-14H,6-7H2,(H,37,38,39);/q;+1/p-1. The number of hydrogen-bond donors (Lipinski definition) is 0. The Bertz CT molecular complexity index is 1360. The Morgan fingerprint density at radius 3 is 1.46 bits per heavy atom. The zero-order valence-electron chi connectivity index (χ0n) is 19.6. The first-order chi connectivity index (χ1) is 17.7. The molecule has 0 fully saturated rings. The Labute approximate surface area is 261 Å². The van der Waals surface area contributed by atoms with Gasteiger partial charge in [-0.3, -0.25) is 0 Å². The summed E-state index contributed by atoms with van der Waals surface area (Å²) in [7, 11) is -6.35. The monoisotopic (exact) mass is 674 g/mol. The van der Waals surface area contributed by atoms with Crippen molar-refractivity contribution in [2.75, 3.05) is 0 Å². The summed E-state index contributed by atoms with van der Waals surface area (Å²) in [6, 6.07) is 2.96. The van der Waals surface area contributed by atoms with Gasteiger partial charge >= 0.3 is 99.8 Å². The van der Waals surface area contributed by atoms with Gasteiger partial charge in [-0.15, -0.1) is 0 Å². The Balaban J connectivity index is 0.00000840. The van der Waals surface area contributed by atoms with Gasteiger partial charge in [-0.2, -0.15) is 52.7 Å². The number of fused-ring (bicyclic) bond motifs is 1. The van der Waals surface area contributed by atoms with Gasteiger partial charge in [-0.1, -0.05) is 30.3 Å². The molecule has 2 rings (SSSR count). The predicted molar refractivity (Wildman–Crippen MR) is 101 cm³/mol. The second-order valence-electron chi connectivity index (χ2n) is 8.28. The van der Waals surface area contributed by atoms with Crippen LogP contribution in [-0.4, -0.2) is 61.4 Å². The number of benzene rings is 2. The van der Waals surface area contributed by atoms with Crippen molar-refractivity contribution in [2.24, 2.45) is 0 Å². The molecule has 0 amide bonds. The van der Waals surface area contributed by atoms with Crippen molar-refractivity contribution in [1.29, 1.82) is 0 Å². The van der Waals surface area contributed by atoms with Gasteiger partial charge in [0.25, 0.3) is 0 Å². The minimum atomic E-state index is -7.13. The second kappa shape index (κ2) is 11.9. The Morgan fingerprint density at radius 1 is 0.683 bits per heavy atom. The average Bonchev–Trinajstić information content (AvgIpc) is 2.77. The van der Waals surface area contributed by atoms with E-state index in [1.165, 1.54) is 0 Å². The first-order valence-corrected chi connectivity index (χ1v) is 11.4. The summed E-state index contributed by atoms with van der Waals surface area (Å²) >= 11 is 0. The zero-order chi connectivity index (χ0) is 31.5. The van der Waals surface area contributed by atoms with E-state index >= 15 is 0 Å². The summed E-state index contributed by atoms with van der Waals surface area (Å²) in [5.74, 6) is -40.9. The fourth-order valence-corrected chi connectivity index (χ4v) is 4.46. The molecule has 0 aliphatic carbocycles. The van der Waals surface area contributed by atoms with Crippen molar-refractivity contribution in [1.82, 2.24) is 0 Å². The Morgan fingerprint density at radius 2 is 1.07 bits per heavy atom. The van der Waals surface area contributed by atoms with Gasteiger partial charge in [-0.05, 0) is 21.9 Å². The van der Waals surface area contributed by atoms with Gasteiger partial charge in [-0.25, -0.2) is 26.0 Å². The summed E-state index contributed by atoms with van der Waals surface area (Å²) in [5, 5.41) is -1.88. The van der Waals surface area contributed by atoms with Gasteiger partial charge in [0.15, 0.2) is 0 Å². The van der Waals surface area contributed by atoms with Gasteiger partial charge in [0.05, 0.1) is 4.90 Å². The molecule has 0 aliphatic rings. The number of rotatable bonds is 11. The molecule has 3 nitrogen and oxygen atoms in total. The fourth-order valence-electron chi connectivity index (χ4n) is 3.49. The predicted octanol–water partition coefficient (Wildman–Crippen LogP) is 4.17. The van der Waals surface area contributed by atoms with E-state index < -0.39 is 98.1 Å². The number of halogens is 16. The van der Waals surface area contributed by atoms with Crippen molar-refractivity contribution in [3.8, 4) is 0 Å². The molecule has 0 N–H and O–H groups in total. The molecule has 41 heavy (non-hydrogen) atoms. The van der Waals surface area contributed by atoms with Gasteiger partial charge < -0.3 is 4.55 Å². The van der Waals surface area contributed by atoms with E-state index in [0.29, 0.717) is 12.1 Å². The Kier molecular flexibility index (Phi) is 11.1. The maximum atomic E-state index is 14.4. The van der Waals surface area contributed by atoms with E-state index in [0.717, 1.165) is 12.1 Å². The maximum Gasteiger partial charge on any atom is 1.00 e. The molecule has 0 saturated carbocycles. The van der Waals surface area contributed by atoms with Crippen LogP contribution in [0.4, 0.5) is 70.2 Å². The molecule has 0 spiro atoms. The third kappa shape index (κ3) is 6.64. The zero-order valence-corrected chi connectivity index (χ0v) is 23.6. The first kappa shape index (κ1) is 38.2. The molecule has 0 radical (unpaired) electrons. The molecule has 0 atom stereocenters. The topological polar surface area (TPSA) is 57.2 Å². The average molecular weight is 674 g/mol. The molecule has 228 valence electrons. The van der Waals surface area contributed by atoms with Crippen LogP contribution in [0.3, 0.4) is 0 Å². The summed E-state index contributed by atoms with van der Waals surface area (Å²) in [6.45, 7) is 0. The normalized spacial score (nSPS) is 14.6. The van der Waals surface area contributed by atoms with Gasteiger partial charge in [0.2, 0.25) is 0 Å². The Hall–Kier alpha value is -0.874. The summed E-state index contributed by atoms with van der Waals surface area (Å²) < 4.78 is 252. The van der Waals surface area contributed by atoms with Crippen molar-refractivity contribution in [3.63, 3.8) is 0 Å². The molecule has 21 heteroatoms. The van der Waals surface area contributed by atoms with Crippen LogP contribution in [0.5, 0.6) is 0 Å². The van der Waals surface area contributed by atoms with Crippen LogP contribution in [0.25, 0.3) is 10.8 Å². The third-order valence-corrected chi connectivity index (χ3v) is 6.53. The summed E-state index contributed by atoms with van der Waals surface area (Å²) in [4.78, 5) is -2.18. The molecule has 0 heterocycles. The maximum absolute atomic E-state index is 14.4. The first-order valence-electron chi connectivity index (χ1n) is 9.99. The van der Waals surface area contributed by atoms with E-state index in [1.54, 1.807) is 0 Å². The largest absolute Gasteiger partial charge is 1.00 e. The van der Waals surface area contributed by atoms with Gasteiger partial charge in [0.1, 0.15) is 10.1 Å². The van der Waals surface area contributed by atoms with Crippen LogP contribution >= 0.6 is 0 Å². The van der Waals surface area contributed by atoms with Crippen LogP contribution in [-0.2, 0) is 23.0 Å². The van der Waals surface area contributed by atoms with E-state index in [4.69, 9.17) is 0 Å². The molecule has 2 aromatic carbocycles. The van der Waals surface area contributed by atoms with Gasteiger partial charge in [0, 0.05) is 12.8 Å². The molecule has 0 saturated heterocycles. The van der Waals surface area contributed by atoms with E-state index in [-0.39, 0.29) is 57.5 Å². The molecule has 0 bridgehead atoms. The van der Waals surface area contributed by atoms with Crippen LogP contribution in [0.1, 0.15) is 11.1 Å². The van der Waals surface area contributed by atoms with Crippen LogP contribution in [0.15, 0.2) is 35.2 Å². The number of alkyl halides is 16.